The Bertz CT molecular complexity index is 388. The molecule has 1 saturated carbocycles. The summed E-state index contributed by atoms with van der Waals surface area (Å²) in [6.45, 7) is 6.77. The third kappa shape index (κ3) is 3.99. The average molecular weight is 275 g/mol. The molecule has 1 fully saturated rings. The van der Waals surface area contributed by atoms with E-state index in [4.69, 9.17) is 10.5 Å². The van der Waals surface area contributed by atoms with Gasteiger partial charge in [0.1, 0.15) is 11.9 Å². The van der Waals surface area contributed by atoms with Crippen molar-refractivity contribution in [3.8, 4) is 5.75 Å². The number of nitrogens with two attached hydrogens (primary N) is 1. The number of ether oxygens (including phenoxy) is 1. The molecule has 0 aliphatic heterocycles. The van der Waals surface area contributed by atoms with Crippen molar-refractivity contribution < 1.29 is 4.74 Å². The highest BCUT2D eigenvalue weighted by atomic mass is 16.5. The summed E-state index contributed by atoms with van der Waals surface area (Å²) >= 11 is 0. The number of aryl methyl sites for hydroxylation is 1. The van der Waals surface area contributed by atoms with E-state index in [-0.39, 0.29) is 12.1 Å². The normalized spacial score (nSPS) is 30.2. The van der Waals surface area contributed by atoms with Crippen molar-refractivity contribution in [2.24, 2.45) is 17.6 Å². The van der Waals surface area contributed by atoms with Crippen LogP contribution in [0.2, 0.25) is 0 Å². The highest BCUT2D eigenvalue weighted by Crippen LogP contribution is 2.31. The first-order valence-corrected chi connectivity index (χ1v) is 8.11. The molecule has 0 radical (unpaired) electrons. The lowest BCUT2D eigenvalue weighted by Gasteiger charge is -2.37. The molecule has 1 aliphatic carbocycles. The van der Waals surface area contributed by atoms with Gasteiger partial charge in [-0.25, -0.2) is 0 Å². The zero-order valence-electron chi connectivity index (χ0n) is 13.1. The maximum atomic E-state index is 6.28. The van der Waals surface area contributed by atoms with E-state index in [9.17, 15) is 0 Å². The van der Waals surface area contributed by atoms with E-state index in [1.165, 1.54) is 24.8 Å². The Morgan fingerprint density at radius 2 is 1.85 bits per heavy atom. The Balaban J connectivity index is 1.95. The molecule has 2 rings (SSSR count). The van der Waals surface area contributed by atoms with Gasteiger partial charge in [0.25, 0.3) is 0 Å². The second-order valence-corrected chi connectivity index (χ2v) is 6.55. The van der Waals surface area contributed by atoms with Crippen LogP contribution >= 0.6 is 0 Å². The molecular formula is C18H29NO. The fourth-order valence-corrected chi connectivity index (χ4v) is 3.36. The van der Waals surface area contributed by atoms with Gasteiger partial charge in [0.05, 0.1) is 0 Å². The summed E-state index contributed by atoms with van der Waals surface area (Å²) in [5.74, 6) is 2.22. The first-order chi connectivity index (χ1) is 9.60. The second kappa shape index (κ2) is 7.12. The number of hydrogen-bond acceptors (Lipinski definition) is 2. The van der Waals surface area contributed by atoms with Crippen molar-refractivity contribution >= 4 is 0 Å². The predicted octanol–water partition coefficient (Wildman–Crippen LogP) is 4.17. The number of benzene rings is 1. The van der Waals surface area contributed by atoms with Crippen LogP contribution in [0.5, 0.6) is 5.75 Å². The van der Waals surface area contributed by atoms with Gasteiger partial charge in [-0.05, 0) is 55.2 Å². The van der Waals surface area contributed by atoms with Gasteiger partial charge in [-0.1, -0.05) is 39.3 Å². The van der Waals surface area contributed by atoms with E-state index >= 15 is 0 Å². The van der Waals surface area contributed by atoms with Gasteiger partial charge >= 0.3 is 0 Å². The van der Waals surface area contributed by atoms with E-state index in [1.54, 1.807) is 0 Å². The van der Waals surface area contributed by atoms with Crippen LogP contribution in [0, 0.1) is 11.8 Å². The molecule has 1 aromatic carbocycles. The van der Waals surface area contributed by atoms with Crippen molar-refractivity contribution in [3.05, 3.63) is 29.8 Å². The molecule has 112 valence electrons. The molecule has 1 aromatic rings. The highest BCUT2D eigenvalue weighted by Gasteiger charge is 2.33. The molecule has 0 bridgehead atoms. The standard InChI is InChI=1S/C18H29NO/c1-4-5-6-15-7-9-16(10-8-15)20-18-14(3)11-13(2)12-17(18)19/h7-10,13-14,17-18H,4-6,11-12,19H2,1-3H3. The summed E-state index contributed by atoms with van der Waals surface area (Å²) in [6, 6.07) is 8.73. The second-order valence-electron chi connectivity index (χ2n) is 6.55. The zero-order valence-corrected chi connectivity index (χ0v) is 13.1. The third-order valence-corrected chi connectivity index (χ3v) is 4.45. The van der Waals surface area contributed by atoms with Gasteiger partial charge in [-0.15, -0.1) is 0 Å². The smallest absolute Gasteiger partial charge is 0.119 e. The Morgan fingerprint density at radius 1 is 1.15 bits per heavy atom. The summed E-state index contributed by atoms with van der Waals surface area (Å²) in [5.41, 5.74) is 7.68. The molecule has 4 unspecified atom stereocenters. The minimum atomic E-state index is 0.160. The largest absolute Gasteiger partial charge is 0.489 e. The minimum Gasteiger partial charge on any atom is -0.489 e. The van der Waals surface area contributed by atoms with Gasteiger partial charge in [0.15, 0.2) is 0 Å². The topological polar surface area (TPSA) is 35.2 Å². The van der Waals surface area contributed by atoms with Crippen LogP contribution in [-0.2, 0) is 6.42 Å². The third-order valence-electron chi connectivity index (χ3n) is 4.45. The number of rotatable bonds is 5. The number of unbranched alkanes of at least 4 members (excludes halogenated alkanes) is 1. The molecular weight excluding hydrogens is 246 g/mol. The Hall–Kier alpha value is -1.02. The summed E-state index contributed by atoms with van der Waals surface area (Å²) < 4.78 is 6.16. The van der Waals surface area contributed by atoms with Crippen molar-refractivity contribution in [2.45, 2.75) is 65.0 Å². The molecule has 0 amide bonds. The molecule has 1 aliphatic rings. The Morgan fingerprint density at radius 3 is 2.45 bits per heavy atom. The fraction of sp³-hybridized carbons (Fsp3) is 0.667. The predicted molar refractivity (Wildman–Crippen MR) is 85.0 cm³/mol. The van der Waals surface area contributed by atoms with Crippen LogP contribution in [0.1, 0.15) is 52.0 Å². The van der Waals surface area contributed by atoms with E-state index in [0.29, 0.717) is 5.92 Å². The monoisotopic (exact) mass is 275 g/mol. The van der Waals surface area contributed by atoms with E-state index in [1.807, 2.05) is 0 Å². The van der Waals surface area contributed by atoms with E-state index < -0.39 is 0 Å². The summed E-state index contributed by atoms with van der Waals surface area (Å²) in [4.78, 5) is 0. The summed E-state index contributed by atoms with van der Waals surface area (Å²) in [6.07, 6.45) is 6.10. The zero-order chi connectivity index (χ0) is 14.5. The van der Waals surface area contributed by atoms with Crippen molar-refractivity contribution in [1.82, 2.24) is 0 Å². The molecule has 2 nitrogen and oxygen atoms in total. The van der Waals surface area contributed by atoms with Crippen LogP contribution in [0.15, 0.2) is 24.3 Å². The molecule has 0 aromatic heterocycles. The quantitative estimate of drug-likeness (QED) is 0.875. The van der Waals surface area contributed by atoms with Crippen LogP contribution in [0.3, 0.4) is 0 Å². The lowest BCUT2D eigenvalue weighted by Crippen LogP contribution is -2.48. The lowest BCUT2D eigenvalue weighted by atomic mass is 9.78. The number of hydrogen-bond donors (Lipinski definition) is 1. The van der Waals surface area contributed by atoms with Gasteiger partial charge in [0, 0.05) is 6.04 Å². The summed E-state index contributed by atoms with van der Waals surface area (Å²) in [5, 5.41) is 0. The molecule has 0 saturated heterocycles. The van der Waals surface area contributed by atoms with Gasteiger partial charge in [-0.2, -0.15) is 0 Å². The first-order valence-electron chi connectivity index (χ1n) is 8.11. The fourth-order valence-electron chi connectivity index (χ4n) is 3.36. The first kappa shape index (κ1) is 15.4. The summed E-state index contributed by atoms with van der Waals surface area (Å²) in [7, 11) is 0. The molecule has 0 spiro atoms. The molecule has 4 atom stereocenters. The van der Waals surface area contributed by atoms with Crippen molar-refractivity contribution in [1.29, 1.82) is 0 Å². The molecule has 2 heteroatoms. The van der Waals surface area contributed by atoms with E-state index in [0.717, 1.165) is 24.5 Å². The minimum absolute atomic E-state index is 0.160. The highest BCUT2D eigenvalue weighted by molar-refractivity contribution is 5.27. The Kier molecular flexibility index (Phi) is 5.47. The lowest BCUT2D eigenvalue weighted by molar-refractivity contribution is 0.0626. The van der Waals surface area contributed by atoms with E-state index in [2.05, 4.69) is 45.0 Å². The van der Waals surface area contributed by atoms with Crippen LogP contribution in [-0.4, -0.2) is 12.1 Å². The van der Waals surface area contributed by atoms with Crippen LogP contribution in [0.4, 0.5) is 0 Å². The average Bonchev–Trinajstić information content (AvgIpc) is 2.42. The van der Waals surface area contributed by atoms with Crippen LogP contribution < -0.4 is 10.5 Å². The van der Waals surface area contributed by atoms with Crippen molar-refractivity contribution in [2.75, 3.05) is 0 Å². The maximum Gasteiger partial charge on any atom is 0.119 e. The van der Waals surface area contributed by atoms with Gasteiger partial charge in [0.2, 0.25) is 0 Å². The Labute approximate surface area is 123 Å². The maximum absolute atomic E-state index is 6.28. The van der Waals surface area contributed by atoms with Gasteiger partial charge in [-0.3, -0.25) is 0 Å². The SMILES string of the molecule is CCCCc1ccc(OC2C(C)CC(C)CC2N)cc1. The molecule has 0 heterocycles. The van der Waals surface area contributed by atoms with Crippen molar-refractivity contribution in [3.63, 3.8) is 0 Å². The molecule has 2 N–H and O–H groups in total. The van der Waals surface area contributed by atoms with Crippen LogP contribution in [0.25, 0.3) is 0 Å². The molecule has 20 heavy (non-hydrogen) atoms. The van der Waals surface area contributed by atoms with Gasteiger partial charge < -0.3 is 10.5 Å².